The molecular weight excluding hydrogens is 453 g/mol. The van der Waals surface area contributed by atoms with Crippen LogP contribution in [0.5, 0.6) is 5.75 Å². The van der Waals surface area contributed by atoms with Gasteiger partial charge in [-0.05, 0) is 29.1 Å². The van der Waals surface area contributed by atoms with Gasteiger partial charge in [0, 0.05) is 21.9 Å². The van der Waals surface area contributed by atoms with E-state index in [1.165, 1.54) is 12.1 Å². The van der Waals surface area contributed by atoms with Crippen molar-refractivity contribution < 1.29 is 30.2 Å². The second-order valence-electron chi connectivity index (χ2n) is 7.31. The van der Waals surface area contributed by atoms with Gasteiger partial charge in [0.2, 0.25) is 0 Å². The smallest absolute Gasteiger partial charge is 0.455 e. The number of rotatable bonds is 4. The molecule has 0 saturated heterocycles. The molecule has 1 heterocycles. The molecule has 8 heteroatoms. The number of para-hydroxylation sites is 1. The predicted molar refractivity (Wildman–Crippen MR) is 120 cm³/mol. The molecule has 0 aliphatic carbocycles. The van der Waals surface area contributed by atoms with Crippen molar-refractivity contribution in [1.82, 2.24) is 0 Å². The first-order chi connectivity index (χ1) is 15.8. The minimum atomic E-state index is -5.81. The van der Waals surface area contributed by atoms with E-state index in [1.807, 2.05) is 54.6 Å². The predicted octanol–water partition coefficient (Wildman–Crippen LogP) is 7.15. The van der Waals surface area contributed by atoms with E-state index in [0.717, 1.165) is 16.5 Å². The van der Waals surface area contributed by atoms with Crippen LogP contribution in [0.3, 0.4) is 0 Å². The standard InChI is InChI=1S/C25H15F3O4S/c26-25(27,28)33(29,30)32-22-15-14-19(17-10-4-5-11-18(17)22)23-20-12-6-7-13-21(20)31-24(23)16-8-2-1-3-9-16/h1-15H. The number of hydrogen-bond donors (Lipinski definition) is 0. The molecule has 0 radical (unpaired) electrons. The fourth-order valence-corrected chi connectivity index (χ4v) is 4.31. The molecule has 166 valence electrons. The zero-order valence-corrected chi connectivity index (χ0v) is 17.7. The van der Waals surface area contributed by atoms with Crippen LogP contribution in [0, 0.1) is 0 Å². The average molecular weight is 468 g/mol. The van der Waals surface area contributed by atoms with Crippen LogP contribution in [0.4, 0.5) is 13.2 Å². The zero-order chi connectivity index (χ0) is 23.2. The minimum absolute atomic E-state index is 0.229. The first-order valence-electron chi connectivity index (χ1n) is 9.86. The zero-order valence-electron chi connectivity index (χ0n) is 16.8. The Hall–Kier alpha value is -3.78. The maximum absolute atomic E-state index is 12.9. The number of fused-ring (bicyclic) bond motifs is 2. The summed E-state index contributed by atoms with van der Waals surface area (Å²) in [7, 11) is -5.81. The van der Waals surface area contributed by atoms with Gasteiger partial charge in [-0.3, -0.25) is 0 Å². The van der Waals surface area contributed by atoms with E-state index in [-0.39, 0.29) is 5.39 Å². The SMILES string of the molecule is O=S(=O)(Oc1ccc(-c2c(-c3ccccc3)oc3ccccc23)c2ccccc12)C(F)(F)F. The third kappa shape index (κ3) is 3.62. The highest BCUT2D eigenvalue weighted by Gasteiger charge is 2.48. The fraction of sp³-hybridized carbons (Fsp3) is 0.0400. The van der Waals surface area contributed by atoms with Crippen molar-refractivity contribution in [3.8, 4) is 28.2 Å². The second-order valence-corrected chi connectivity index (χ2v) is 8.85. The van der Waals surface area contributed by atoms with Crippen LogP contribution < -0.4 is 4.18 Å². The molecule has 0 fully saturated rings. The molecule has 0 N–H and O–H groups in total. The minimum Gasteiger partial charge on any atom is -0.455 e. The van der Waals surface area contributed by atoms with Crippen LogP contribution >= 0.6 is 0 Å². The molecule has 5 rings (SSSR count). The Kier molecular flexibility index (Phi) is 4.90. The van der Waals surface area contributed by atoms with Crippen LogP contribution in [0.1, 0.15) is 0 Å². The molecular formula is C25H15F3O4S. The van der Waals surface area contributed by atoms with Gasteiger partial charge >= 0.3 is 15.6 Å². The van der Waals surface area contributed by atoms with Crippen molar-refractivity contribution >= 4 is 31.9 Å². The first kappa shape index (κ1) is 21.1. The molecule has 0 saturated carbocycles. The summed E-state index contributed by atoms with van der Waals surface area (Å²) in [6, 6.07) is 26.2. The van der Waals surface area contributed by atoms with Crippen LogP contribution in [0.15, 0.2) is 95.4 Å². The van der Waals surface area contributed by atoms with Crippen molar-refractivity contribution in [2.75, 3.05) is 0 Å². The fourth-order valence-electron chi connectivity index (χ4n) is 3.83. The normalized spacial score (nSPS) is 12.3. The van der Waals surface area contributed by atoms with E-state index in [2.05, 4.69) is 4.18 Å². The average Bonchev–Trinajstić information content (AvgIpc) is 3.18. The van der Waals surface area contributed by atoms with Gasteiger partial charge in [-0.25, -0.2) is 0 Å². The molecule has 0 amide bonds. The molecule has 0 bridgehead atoms. The highest BCUT2D eigenvalue weighted by Crippen LogP contribution is 2.45. The highest BCUT2D eigenvalue weighted by atomic mass is 32.2. The molecule has 0 unspecified atom stereocenters. The van der Waals surface area contributed by atoms with Crippen molar-refractivity contribution in [1.29, 1.82) is 0 Å². The van der Waals surface area contributed by atoms with Crippen LogP contribution in [-0.2, 0) is 10.1 Å². The third-order valence-electron chi connectivity index (χ3n) is 5.27. The number of halogens is 3. The van der Waals surface area contributed by atoms with E-state index in [4.69, 9.17) is 4.42 Å². The number of hydrogen-bond acceptors (Lipinski definition) is 4. The van der Waals surface area contributed by atoms with Gasteiger partial charge in [-0.15, -0.1) is 0 Å². The Morgan fingerprint density at radius 2 is 1.30 bits per heavy atom. The van der Waals surface area contributed by atoms with Crippen molar-refractivity contribution in [3.63, 3.8) is 0 Å². The van der Waals surface area contributed by atoms with Gasteiger partial charge in [-0.1, -0.05) is 72.8 Å². The van der Waals surface area contributed by atoms with Gasteiger partial charge < -0.3 is 8.60 Å². The topological polar surface area (TPSA) is 56.5 Å². The summed E-state index contributed by atoms with van der Waals surface area (Å²) in [5.41, 5.74) is -2.64. The molecule has 0 aliphatic rings. The Labute approximate surface area is 187 Å². The second kappa shape index (κ2) is 7.67. The number of alkyl halides is 3. The lowest BCUT2D eigenvalue weighted by atomic mass is 9.93. The lowest BCUT2D eigenvalue weighted by Crippen LogP contribution is -2.28. The summed E-state index contributed by atoms with van der Waals surface area (Å²) in [5, 5.41) is 1.57. The molecule has 0 atom stereocenters. The van der Waals surface area contributed by atoms with E-state index in [0.29, 0.717) is 22.3 Å². The maximum Gasteiger partial charge on any atom is 0.534 e. The summed E-state index contributed by atoms with van der Waals surface area (Å²) < 4.78 is 72.6. The number of furan rings is 1. The van der Waals surface area contributed by atoms with Gasteiger partial charge in [-0.2, -0.15) is 21.6 Å². The summed E-state index contributed by atoms with van der Waals surface area (Å²) in [5.74, 6) is 0.194. The molecule has 0 spiro atoms. The Bertz CT molecular complexity index is 1590. The van der Waals surface area contributed by atoms with E-state index in [1.54, 1.807) is 24.3 Å². The maximum atomic E-state index is 12.9. The Morgan fingerprint density at radius 3 is 2.00 bits per heavy atom. The van der Waals surface area contributed by atoms with Crippen molar-refractivity contribution in [2.45, 2.75) is 5.51 Å². The molecule has 1 aromatic heterocycles. The quantitative estimate of drug-likeness (QED) is 0.208. The van der Waals surface area contributed by atoms with Gasteiger partial charge in [0.25, 0.3) is 0 Å². The monoisotopic (exact) mass is 468 g/mol. The van der Waals surface area contributed by atoms with E-state index >= 15 is 0 Å². The summed E-state index contributed by atoms with van der Waals surface area (Å²) in [4.78, 5) is 0. The van der Waals surface area contributed by atoms with Gasteiger partial charge in [0.05, 0.1) is 0 Å². The van der Waals surface area contributed by atoms with E-state index < -0.39 is 21.4 Å². The van der Waals surface area contributed by atoms with Gasteiger partial charge in [0.15, 0.2) is 5.75 Å². The summed E-state index contributed by atoms with van der Waals surface area (Å²) >= 11 is 0. The van der Waals surface area contributed by atoms with Gasteiger partial charge in [0.1, 0.15) is 11.3 Å². The van der Waals surface area contributed by atoms with Crippen LogP contribution in [-0.4, -0.2) is 13.9 Å². The Morgan fingerprint density at radius 1 is 0.697 bits per heavy atom. The van der Waals surface area contributed by atoms with Crippen LogP contribution in [0.2, 0.25) is 0 Å². The van der Waals surface area contributed by atoms with E-state index in [9.17, 15) is 21.6 Å². The van der Waals surface area contributed by atoms with Crippen molar-refractivity contribution in [2.24, 2.45) is 0 Å². The first-order valence-corrected chi connectivity index (χ1v) is 11.3. The Balaban J connectivity index is 1.78. The lowest BCUT2D eigenvalue weighted by Gasteiger charge is -2.14. The molecule has 4 nitrogen and oxygen atoms in total. The van der Waals surface area contributed by atoms with Crippen molar-refractivity contribution in [3.05, 3.63) is 91.0 Å². The molecule has 0 aliphatic heterocycles. The van der Waals surface area contributed by atoms with Crippen LogP contribution in [0.25, 0.3) is 44.2 Å². The molecule has 4 aromatic carbocycles. The summed E-state index contributed by atoms with van der Waals surface area (Å²) in [6.45, 7) is 0. The molecule has 5 aromatic rings. The molecule has 33 heavy (non-hydrogen) atoms. The number of benzene rings is 4. The highest BCUT2D eigenvalue weighted by molar-refractivity contribution is 7.88. The summed E-state index contributed by atoms with van der Waals surface area (Å²) in [6.07, 6.45) is 0. The third-order valence-corrected chi connectivity index (χ3v) is 6.23. The largest absolute Gasteiger partial charge is 0.534 e. The lowest BCUT2D eigenvalue weighted by molar-refractivity contribution is -0.0499.